The van der Waals surface area contributed by atoms with Gasteiger partial charge in [-0.05, 0) is 41.5 Å². The first-order chi connectivity index (χ1) is 10.4. The van der Waals surface area contributed by atoms with Crippen molar-refractivity contribution < 1.29 is 23.8 Å². The van der Waals surface area contributed by atoms with E-state index < -0.39 is 29.3 Å². The lowest BCUT2D eigenvalue weighted by atomic mass is 10.1. The van der Waals surface area contributed by atoms with Crippen LogP contribution in [0, 0.1) is 12.3 Å². The molecule has 1 saturated heterocycles. The van der Waals surface area contributed by atoms with Gasteiger partial charge in [0.25, 0.3) is 0 Å². The Morgan fingerprint density at radius 2 is 1.70 bits per heavy atom. The third kappa shape index (κ3) is 6.49. The van der Waals surface area contributed by atoms with E-state index in [2.05, 4.69) is 5.92 Å². The fourth-order valence-corrected chi connectivity index (χ4v) is 2.20. The molecule has 0 aliphatic carbocycles. The number of hydrogen-bond acceptors (Lipinski definition) is 5. The number of amides is 1. The molecular weight excluding hydrogens is 298 g/mol. The number of terminal acetylenes is 1. The topological polar surface area (TPSA) is 65.1 Å². The summed E-state index contributed by atoms with van der Waals surface area (Å²) in [6, 6.07) is -0.730. The predicted octanol–water partition coefficient (Wildman–Crippen LogP) is 2.36. The minimum Gasteiger partial charge on any atom is -0.458 e. The number of carbonyl (C=O) groups excluding carboxylic acids is 2. The van der Waals surface area contributed by atoms with Gasteiger partial charge in [0.15, 0.2) is 0 Å². The Bertz CT molecular complexity index is 445. The van der Waals surface area contributed by atoms with Gasteiger partial charge in [0.1, 0.15) is 23.9 Å². The van der Waals surface area contributed by atoms with Crippen molar-refractivity contribution in [1.82, 2.24) is 4.90 Å². The van der Waals surface area contributed by atoms with Crippen molar-refractivity contribution in [3.05, 3.63) is 0 Å². The van der Waals surface area contributed by atoms with Crippen molar-refractivity contribution >= 4 is 12.1 Å². The van der Waals surface area contributed by atoms with Crippen molar-refractivity contribution in [2.75, 3.05) is 13.2 Å². The average Bonchev–Trinajstić information content (AvgIpc) is 2.76. The second-order valence-corrected chi connectivity index (χ2v) is 7.55. The van der Waals surface area contributed by atoms with Crippen LogP contribution in [0.4, 0.5) is 4.79 Å². The van der Waals surface area contributed by atoms with Crippen LogP contribution in [-0.2, 0) is 19.0 Å². The smallest absolute Gasteiger partial charge is 0.411 e. The van der Waals surface area contributed by atoms with Crippen molar-refractivity contribution in [3.63, 3.8) is 0 Å². The molecule has 0 N–H and O–H groups in total. The van der Waals surface area contributed by atoms with Crippen molar-refractivity contribution in [1.29, 1.82) is 0 Å². The van der Waals surface area contributed by atoms with E-state index in [0.29, 0.717) is 6.42 Å². The van der Waals surface area contributed by atoms with Crippen LogP contribution < -0.4 is 0 Å². The maximum Gasteiger partial charge on any atom is 0.411 e. The van der Waals surface area contributed by atoms with Gasteiger partial charge < -0.3 is 14.2 Å². The quantitative estimate of drug-likeness (QED) is 0.589. The zero-order valence-electron chi connectivity index (χ0n) is 14.8. The third-order valence-corrected chi connectivity index (χ3v) is 2.97. The van der Waals surface area contributed by atoms with Gasteiger partial charge in [-0.1, -0.05) is 5.92 Å². The molecule has 1 heterocycles. The van der Waals surface area contributed by atoms with Gasteiger partial charge in [0.05, 0.1) is 12.6 Å². The van der Waals surface area contributed by atoms with Crippen LogP contribution >= 0.6 is 0 Å². The van der Waals surface area contributed by atoms with Gasteiger partial charge in [0, 0.05) is 6.42 Å². The number of likely N-dealkylation sites (tertiary alicyclic amines) is 1. The van der Waals surface area contributed by atoms with E-state index in [1.165, 1.54) is 4.90 Å². The molecule has 1 amide bonds. The second kappa shape index (κ2) is 7.22. The maximum atomic E-state index is 12.4. The van der Waals surface area contributed by atoms with Crippen LogP contribution in [0.15, 0.2) is 0 Å². The van der Waals surface area contributed by atoms with Crippen molar-refractivity contribution in [2.24, 2.45) is 0 Å². The summed E-state index contributed by atoms with van der Waals surface area (Å²) in [6.45, 7) is 11.0. The zero-order valence-corrected chi connectivity index (χ0v) is 14.8. The van der Waals surface area contributed by atoms with Crippen molar-refractivity contribution in [2.45, 2.75) is 71.3 Å². The van der Waals surface area contributed by atoms with Gasteiger partial charge in [-0.25, -0.2) is 9.59 Å². The average molecular weight is 325 g/mol. The molecule has 1 aliphatic rings. The molecule has 6 nitrogen and oxygen atoms in total. The molecule has 0 radical (unpaired) electrons. The van der Waals surface area contributed by atoms with Crippen LogP contribution in [0.1, 0.15) is 48.0 Å². The first kappa shape index (κ1) is 19.3. The fraction of sp³-hybridized carbons (Fsp3) is 0.765. The molecule has 2 atom stereocenters. The number of nitrogens with zero attached hydrogens (tertiary/aromatic N) is 1. The van der Waals surface area contributed by atoms with Crippen LogP contribution in [-0.4, -0.2) is 53.5 Å². The number of ether oxygens (including phenoxy) is 3. The highest BCUT2D eigenvalue weighted by Gasteiger charge is 2.43. The molecule has 1 fully saturated rings. The zero-order chi connectivity index (χ0) is 17.8. The summed E-state index contributed by atoms with van der Waals surface area (Å²) >= 11 is 0. The normalized spacial score (nSPS) is 21.7. The van der Waals surface area contributed by atoms with E-state index in [9.17, 15) is 9.59 Å². The molecule has 0 saturated carbocycles. The lowest BCUT2D eigenvalue weighted by Gasteiger charge is -2.29. The summed E-state index contributed by atoms with van der Waals surface area (Å²) in [4.78, 5) is 26.1. The van der Waals surface area contributed by atoms with Crippen LogP contribution in [0.5, 0.6) is 0 Å². The van der Waals surface area contributed by atoms with E-state index in [4.69, 9.17) is 20.6 Å². The first-order valence-electron chi connectivity index (χ1n) is 7.70. The summed E-state index contributed by atoms with van der Waals surface area (Å²) in [7, 11) is 0. The minimum atomic E-state index is -0.730. The van der Waals surface area contributed by atoms with Gasteiger partial charge in [0.2, 0.25) is 0 Å². The van der Waals surface area contributed by atoms with Gasteiger partial charge in [-0.2, -0.15) is 0 Å². The van der Waals surface area contributed by atoms with Crippen molar-refractivity contribution in [3.8, 4) is 12.3 Å². The van der Waals surface area contributed by atoms with E-state index in [1.807, 2.05) is 0 Å². The monoisotopic (exact) mass is 325 g/mol. The van der Waals surface area contributed by atoms with E-state index in [1.54, 1.807) is 41.5 Å². The molecule has 0 bridgehead atoms. The SMILES string of the molecule is C#CCO[C@@H]1CC(C(=O)OC(C)(C)C)N(C(=O)OC(C)(C)C)C1. The fourth-order valence-electron chi connectivity index (χ4n) is 2.20. The third-order valence-electron chi connectivity index (χ3n) is 2.97. The molecule has 1 rings (SSSR count). The summed E-state index contributed by atoms with van der Waals surface area (Å²) < 4.78 is 16.2. The van der Waals surface area contributed by atoms with Gasteiger partial charge in [-0.3, -0.25) is 4.90 Å². The molecular formula is C17H27NO5. The standard InChI is InChI=1S/C17H27NO5/c1-8-9-21-12-10-13(14(19)22-16(2,3)4)18(11-12)15(20)23-17(5,6)7/h1,12-13H,9-11H2,2-7H3/t12-,13?/m1/s1. The molecule has 0 aromatic carbocycles. The molecule has 6 heteroatoms. The van der Waals surface area contributed by atoms with E-state index in [-0.39, 0.29) is 19.3 Å². The largest absolute Gasteiger partial charge is 0.458 e. The molecule has 0 aromatic heterocycles. The summed E-state index contributed by atoms with van der Waals surface area (Å²) in [5.41, 5.74) is -1.28. The lowest BCUT2D eigenvalue weighted by molar-refractivity contribution is -0.160. The summed E-state index contributed by atoms with van der Waals surface area (Å²) in [6.07, 6.45) is 4.67. The molecule has 0 aromatic rings. The number of rotatable bonds is 3. The Morgan fingerprint density at radius 1 is 1.13 bits per heavy atom. The number of esters is 1. The van der Waals surface area contributed by atoms with Crippen LogP contribution in [0.2, 0.25) is 0 Å². The van der Waals surface area contributed by atoms with Crippen LogP contribution in [0.25, 0.3) is 0 Å². The number of carbonyl (C=O) groups is 2. The molecule has 1 aliphatic heterocycles. The molecule has 130 valence electrons. The molecule has 23 heavy (non-hydrogen) atoms. The predicted molar refractivity (Wildman–Crippen MR) is 85.8 cm³/mol. The Hall–Kier alpha value is -1.74. The van der Waals surface area contributed by atoms with E-state index >= 15 is 0 Å². The highest BCUT2D eigenvalue weighted by atomic mass is 16.6. The Labute approximate surface area is 138 Å². The summed E-state index contributed by atoms with van der Waals surface area (Å²) in [5.74, 6) is 1.92. The van der Waals surface area contributed by atoms with Crippen LogP contribution in [0.3, 0.4) is 0 Å². The van der Waals surface area contributed by atoms with E-state index in [0.717, 1.165) is 0 Å². The Balaban J connectivity index is 2.86. The first-order valence-corrected chi connectivity index (χ1v) is 7.70. The van der Waals surface area contributed by atoms with Gasteiger partial charge >= 0.3 is 12.1 Å². The summed E-state index contributed by atoms with van der Waals surface area (Å²) in [5, 5.41) is 0. The highest BCUT2D eigenvalue weighted by molar-refractivity contribution is 5.82. The maximum absolute atomic E-state index is 12.4. The Morgan fingerprint density at radius 3 is 2.17 bits per heavy atom. The second-order valence-electron chi connectivity index (χ2n) is 7.55. The number of hydrogen-bond donors (Lipinski definition) is 0. The Kier molecular flexibility index (Phi) is 6.06. The minimum absolute atomic E-state index is 0.133. The highest BCUT2D eigenvalue weighted by Crippen LogP contribution is 2.25. The van der Waals surface area contributed by atoms with Gasteiger partial charge in [-0.15, -0.1) is 6.42 Å². The molecule has 1 unspecified atom stereocenters. The molecule has 0 spiro atoms. The lowest BCUT2D eigenvalue weighted by Crippen LogP contribution is -2.45.